The van der Waals surface area contributed by atoms with Crippen molar-refractivity contribution in [2.24, 2.45) is 0 Å². The maximum atomic E-state index is 12.4. The molecule has 0 aliphatic carbocycles. The highest BCUT2D eigenvalue weighted by Crippen LogP contribution is 2.24. The first-order valence-corrected chi connectivity index (χ1v) is 8.43. The molecule has 0 amide bonds. The monoisotopic (exact) mass is 302 g/mol. The molecule has 1 aliphatic rings. The number of hydrogen-bond acceptors (Lipinski definition) is 3. The molecule has 0 atom stereocenters. The molecule has 4 nitrogen and oxygen atoms in total. The van der Waals surface area contributed by atoms with Crippen molar-refractivity contribution in [1.82, 2.24) is 5.32 Å². The normalized spacial score (nSPS) is 15.5. The molecule has 0 unspecified atom stereocenters. The predicted octanol–water partition coefficient (Wildman–Crippen LogP) is 2.48. The molecule has 3 rings (SSSR count). The van der Waals surface area contributed by atoms with Crippen molar-refractivity contribution in [3.05, 3.63) is 59.7 Å². The van der Waals surface area contributed by atoms with Crippen molar-refractivity contribution < 1.29 is 8.42 Å². The summed E-state index contributed by atoms with van der Waals surface area (Å²) < 4.78 is 27.4. The second-order valence-electron chi connectivity index (χ2n) is 5.40. The molecule has 1 heterocycles. The summed E-state index contributed by atoms with van der Waals surface area (Å²) in [6.07, 6.45) is 0. The van der Waals surface area contributed by atoms with E-state index < -0.39 is 10.0 Å². The van der Waals surface area contributed by atoms with Gasteiger partial charge < -0.3 is 5.32 Å². The van der Waals surface area contributed by atoms with E-state index in [1.54, 1.807) is 24.3 Å². The minimum atomic E-state index is -3.53. The Bertz CT molecular complexity index is 752. The molecular formula is C16H18N2O2S. The van der Waals surface area contributed by atoms with Gasteiger partial charge in [-0.2, -0.15) is 0 Å². The van der Waals surface area contributed by atoms with Gasteiger partial charge in [-0.1, -0.05) is 24.3 Å². The number of anilines is 1. The van der Waals surface area contributed by atoms with E-state index in [1.807, 2.05) is 31.2 Å². The molecule has 2 aromatic carbocycles. The third kappa shape index (κ3) is 3.09. The van der Waals surface area contributed by atoms with Crippen molar-refractivity contribution in [3.8, 4) is 0 Å². The Morgan fingerprint density at radius 1 is 1.10 bits per heavy atom. The van der Waals surface area contributed by atoms with E-state index in [0.29, 0.717) is 16.5 Å². The number of nitrogens with one attached hydrogen (secondary N) is 2. The van der Waals surface area contributed by atoms with Crippen LogP contribution in [-0.4, -0.2) is 21.5 Å². The average Bonchev–Trinajstić information content (AvgIpc) is 2.36. The SMILES string of the molecule is Cc1cccc(S(=O)(=O)Nc2cccc(C3CNC3)c2)c1. The van der Waals surface area contributed by atoms with E-state index in [0.717, 1.165) is 24.2 Å². The van der Waals surface area contributed by atoms with Crippen LogP contribution in [0.5, 0.6) is 0 Å². The summed E-state index contributed by atoms with van der Waals surface area (Å²) in [7, 11) is -3.53. The fourth-order valence-corrected chi connectivity index (χ4v) is 3.53. The van der Waals surface area contributed by atoms with E-state index in [2.05, 4.69) is 10.0 Å². The maximum absolute atomic E-state index is 12.4. The molecule has 2 aromatic rings. The third-order valence-corrected chi connectivity index (χ3v) is 5.07. The Morgan fingerprint density at radius 2 is 1.86 bits per heavy atom. The van der Waals surface area contributed by atoms with Gasteiger partial charge >= 0.3 is 0 Å². The first-order valence-electron chi connectivity index (χ1n) is 6.95. The summed E-state index contributed by atoms with van der Waals surface area (Å²) in [5, 5.41) is 3.22. The Hall–Kier alpha value is -1.85. The predicted molar refractivity (Wildman–Crippen MR) is 84.0 cm³/mol. The zero-order valence-corrected chi connectivity index (χ0v) is 12.7. The molecule has 1 aliphatic heterocycles. The standard InChI is InChI=1S/C16H18N2O2S/c1-12-4-2-7-16(8-12)21(19,20)18-15-6-3-5-13(9-15)14-10-17-11-14/h2-9,14,17-18H,10-11H2,1H3. The van der Waals surface area contributed by atoms with Crippen LogP contribution in [0.25, 0.3) is 0 Å². The molecular weight excluding hydrogens is 284 g/mol. The molecule has 1 fully saturated rings. The van der Waals surface area contributed by atoms with E-state index in [1.165, 1.54) is 0 Å². The Morgan fingerprint density at radius 3 is 2.52 bits per heavy atom. The zero-order valence-electron chi connectivity index (χ0n) is 11.8. The second-order valence-corrected chi connectivity index (χ2v) is 7.09. The molecule has 0 spiro atoms. The summed E-state index contributed by atoms with van der Waals surface area (Å²) in [6, 6.07) is 14.5. The number of benzene rings is 2. The Labute approximate surface area is 125 Å². The van der Waals surface area contributed by atoms with Crippen LogP contribution in [0.1, 0.15) is 17.0 Å². The van der Waals surface area contributed by atoms with Crippen LogP contribution in [0.4, 0.5) is 5.69 Å². The molecule has 0 saturated carbocycles. The van der Waals surface area contributed by atoms with E-state index >= 15 is 0 Å². The Balaban J connectivity index is 1.85. The van der Waals surface area contributed by atoms with Gasteiger partial charge in [-0.15, -0.1) is 0 Å². The van der Waals surface area contributed by atoms with Crippen LogP contribution in [0.2, 0.25) is 0 Å². The maximum Gasteiger partial charge on any atom is 0.261 e. The summed E-state index contributed by atoms with van der Waals surface area (Å²) in [5.74, 6) is 0.480. The van der Waals surface area contributed by atoms with Gasteiger partial charge in [0.2, 0.25) is 0 Å². The van der Waals surface area contributed by atoms with Gasteiger partial charge in [0.1, 0.15) is 0 Å². The number of sulfonamides is 1. The minimum Gasteiger partial charge on any atom is -0.315 e. The van der Waals surface area contributed by atoms with E-state index in [4.69, 9.17) is 0 Å². The van der Waals surface area contributed by atoms with Gasteiger partial charge in [-0.25, -0.2) is 8.42 Å². The van der Waals surface area contributed by atoms with Gasteiger partial charge in [0, 0.05) is 24.7 Å². The van der Waals surface area contributed by atoms with Crippen LogP contribution in [0, 0.1) is 6.92 Å². The molecule has 110 valence electrons. The molecule has 2 N–H and O–H groups in total. The van der Waals surface area contributed by atoms with Gasteiger partial charge in [0.05, 0.1) is 4.90 Å². The smallest absolute Gasteiger partial charge is 0.261 e. The van der Waals surface area contributed by atoms with Crippen molar-refractivity contribution in [2.45, 2.75) is 17.7 Å². The summed E-state index contributed by atoms with van der Waals surface area (Å²) in [5.41, 5.74) is 2.70. The number of aryl methyl sites for hydroxylation is 1. The molecule has 21 heavy (non-hydrogen) atoms. The largest absolute Gasteiger partial charge is 0.315 e. The fraction of sp³-hybridized carbons (Fsp3) is 0.250. The van der Waals surface area contributed by atoms with Crippen molar-refractivity contribution >= 4 is 15.7 Å². The average molecular weight is 302 g/mol. The topological polar surface area (TPSA) is 58.2 Å². The Kier molecular flexibility index (Phi) is 3.69. The van der Waals surface area contributed by atoms with Crippen LogP contribution in [0.15, 0.2) is 53.4 Å². The minimum absolute atomic E-state index is 0.290. The molecule has 0 aromatic heterocycles. The van der Waals surface area contributed by atoms with Gasteiger partial charge in [-0.3, -0.25) is 4.72 Å². The van der Waals surface area contributed by atoms with Crippen molar-refractivity contribution in [2.75, 3.05) is 17.8 Å². The lowest BCUT2D eigenvalue weighted by Crippen LogP contribution is -2.39. The van der Waals surface area contributed by atoms with Gasteiger partial charge in [-0.05, 0) is 42.3 Å². The quantitative estimate of drug-likeness (QED) is 0.912. The fourth-order valence-electron chi connectivity index (χ4n) is 2.38. The summed E-state index contributed by atoms with van der Waals surface area (Å²) >= 11 is 0. The third-order valence-electron chi connectivity index (χ3n) is 3.69. The zero-order chi connectivity index (χ0) is 14.9. The van der Waals surface area contributed by atoms with E-state index in [-0.39, 0.29) is 0 Å². The molecule has 5 heteroatoms. The van der Waals surface area contributed by atoms with Gasteiger partial charge in [0.25, 0.3) is 10.0 Å². The van der Waals surface area contributed by atoms with E-state index in [9.17, 15) is 8.42 Å². The highest BCUT2D eigenvalue weighted by Gasteiger charge is 2.20. The molecule has 0 radical (unpaired) electrons. The first-order chi connectivity index (χ1) is 10.0. The second kappa shape index (κ2) is 5.50. The van der Waals surface area contributed by atoms with Crippen LogP contribution in [0.3, 0.4) is 0 Å². The lowest BCUT2D eigenvalue weighted by atomic mass is 9.94. The number of rotatable bonds is 4. The van der Waals surface area contributed by atoms with Gasteiger partial charge in [0.15, 0.2) is 0 Å². The lowest BCUT2D eigenvalue weighted by Gasteiger charge is -2.27. The first kappa shape index (κ1) is 14.1. The van der Waals surface area contributed by atoms with Crippen molar-refractivity contribution in [3.63, 3.8) is 0 Å². The molecule has 1 saturated heterocycles. The molecule has 0 bridgehead atoms. The highest BCUT2D eigenvalue weighted by atomic mass is 32.2. The van der Waals surface area contributed by atoms with Crippen LogP contribution >= 0.6 is 0 Å². The highest BCUT2D eigenvalue weighted by molar-refractivity contribution is 7.92. The lowest BCUT2D eigenvalue weighted by molar-refractivity contribution is 0.448. The van der Waals surface area contributed by atoms with Crippen molar-refractivity contribution in [1.29, 1.82) is 0 Å². The van der Waals surface area contributed by atoms with Crippen LogP contribution in [-0.2, 0) is 10.0 Å². The summed E-state index contributed by atoms with van der Waals surface area (Å²) in [6.45, 7) is 3.78. The number of hydrogen-bond donors (Lipinski definition) is 2. The van der Waals surface area contributed by atoms with Crippen LogP contribution < -0.4 is 10.0 Å². The summed E-state index contributed by atoms with van der Waals surface area (Å²) in [4.78, 5) is 0.290.